The van der Waals surface area contributed by atoms with E-state index in [1.54, 1.807) is 24.1 Å². The summed E-state index contributed by atoms with van der Waals surface area (Å²) in [5.41, 5.74) is 6.14. The topological polar surface area (TPSA) is 82.7 Å². The van der Waals surface area contributed by atoms with Crippen molar-refractivity contribution in [3.63, 3.8) is 0 Å². The van der Waals surface area contributed by atoms with Crippen molar-refractivity contribution >= 4 is 11.8 Å². The zero-order chi connectivity index (χ0) is 13.7. The highest BCUT2D eigenvalue weighted by Gasteiger charge is 2.24. The second-order valence-electron chi connectivity index (χ2n) is 4.54. The van der Waals surface area contributed by atoms with Gasteiger partial charge in [0.05, 0.1) is 0 Å². The largest absolute Gasteiger partial charge is 0.480 e. The lowest BCUT2D eigenvalue weighted by atomic mass is 10.1. The van der Waals surface area contributed by atoms with E-state index in [0.29, 0.717) is 17.9 Å². The van der Waals surface area contributed by atoms with Crippen LogP contribution in [0.15, 0.2) is 18.3 Å². The number of nitrogens with two attached hydrogens (primary N) is 1. The van der Waals surface area contributed by atoms with E-state index in [1.807, 2.05) is 19.0 Å². The second-order valence-corrected chi connectivity index (χ2v) is 4.54. The molecule has 0 aliphatic carbocycles. The van der Waals surface area contributed by atoms with Gasteiger partial charge in [-0.1, -0.05) is 6.07 Å². The summed E-state index contributed by atoms with van der Waals surface area (Å²) < 4.78 is 0. The van der Waals surface area contributed by atoms with E-state index in [1.165, 1.54) is 6.20 Å². The molecule has 6 nitrogen and oxygen atoms in total. The van der Waals surface area contributed by atoms with E-state index in [9.17, 15) is 9.90 Å². The maximum Gasteiger partial charge on any atom is 0.325 e. The molecule has 0 aliphatic rings. The lowest BCUT2D eigenvalue weighted by Crippen LogP contribution is -2.35. The number of carboxylic acid groups (broad SMARTS) is 1. The Morgan fingerprint density at radius 2 is 2.06 bits per heavy atom. The molecule has 0 spiro atoms. The van der Waals surface area contributed by atoms with Gasteiger partial charge in [0, 0.05) is 19.3 Å². The molecule has 0 fully saturated rings. The molecule has 3 N–H and O–H groups in total. The standard InChI is InChI=1S/C12H20N4O2/c1-15(2)6-7-16(3)11(12(17)18)9-4-5-10(13)14-8-9/h4-5,8,11H,6-7H2,1-3H3,(H2,13,14)(H,17,18)/t11-/m1/s1. The third-order valence-corrected chi connectivity index (χ3v) is 2.70. The Morgan fingerprint density at radius 3 is 2.50 bits per heavy atom. The molecule has 0 unspecified atom stereocenters. The first-order chi connectivity index (χ1) is 8.41. The highest BCUT2D eigenvalue weighted by molar-refractivity contribution is 5.75. The van der Waals surface area contributed by atoms with Crippen molar-refractivity contribution in [1.82, 2.24) is 14.8 Å². The molecule has 0 aliphatic heterocycles. The van der Waals surface area contributed by atoms with Gasteiger partial charge in [0.2, 0.25) is 0 Å². The second kappa shape index (κ2) is 6.32. The Labute approximate surface area is 107 Å². The molecule has 1 heterocycles. The minimum Gasteiger partial charge on any atom is -0.480 e. The van der Waals surface area contributed by atoms with E-state index in [4.69, 9.17) is 5.73 Å². The number of carbonyl (C=O) groups is 1. The molecule has 0 saturated heterocycles. The van der Waals surface area contributed by atoms with Crippen LogP contribution in [0, 0.1) is 0 Å². The van der Waals surface area contributed by atoms with Crippen molar-refractivity contribution in [2.75, 3.05) is 40.0 Å². The zero-order valence-corrected chi connectivity index (χ0v) is 11.0. The Bertz CT molecular complexity index is 392. The van der Waals surface area contributed by atoms with Crippen LogP contribution in [0.2, 0.25) is 0 Å². The van der Waals surface area contributed by atoms with E-state index >= 15 is 0 Å². The van der Waals surface area contributed by atoms with Crippen molar-refractivity contribution in [2.24, 2.45) is 0 Å². The Hall–Kier alpha value is -1.66. The van der Waals surface area contributed by atoms with Crippen LogP contribution in [0.5, 0.6) is 0 Å². The molecule has 100 valence electrons. The molecule has 0 saturated carbocycles. The van der Waals surface area contributed by atoms with Gasteiger partial charge in [0.15, 0.2) is 0 Å². The number of pyridine rings is 1. The van der Waals surface area contributed by atoms with Crippen LogP contribution in [0.3, 0.4) is 0 Å². The molecule has 0 radical (unpaired) electrons. The third kappa shape index (κ3) is 3.97. The van der Waals surface area contributed by atoms with E-state index < -0.39 is 12.0 Å². The van der Waals surface area contributed by atoms with Gasteiger partial charge in [0.25, 0.3) is 0 Å². The molecular formula is C12H20N4O2. The highest BCUT2D eigenvalue weighted by Crippen LogP contribution is 2.19. The molecule has 1 aromatic heterocycles. The van der Waals surface area contributed by atoms with Crippen molar-refractivity contribution < 1.29 is 9.90 Å². The quantitative estimate of drug-likeness (QED) is 0.757. The predicted octanol–water partition coefficient (Wildman–Crippen LogP) is 0.283. The monoisotopic (exact) mass is 252 g/mol. The molecule has 0 aromatic carbocycles. The van der Waals surface area contributed by atoms with Gasteiger partial charge in [-0.25, -0.2) is 4.98 Å². The summed E-state index contributed by atoms with van der Waals surface area (Å²) in [7, 11) is 5.70. The normalized spacial score (nSPS) is 12.9. The fourth-order valence-electron chi connectivity index (χ4n) is 1.65. The summed E-state index contributed by atoms with van der Waals surface area (Å²) in [5, 5.41) is 9.32. The van der Waals surface area contributed by atoms with Crippen molar-refractivity contribution in [3.8, 4) is 0 Å². The summed E-state index contributed by atoms with van der Waals surface area (Å²) in [6, 6.07) is 2.62. The van der Waals surface area contributed by atoms with Gasteiger partial charge in [-0.2, -0.15) is 0 Å². The Balaban J connectivity index is 2.82. The summed E-state index contributed by atoms with van der Waals surface area (Å²) in [6.45, 7) is 1.46. The fraction of sp³-hybridized carbons (Fsp3) is 0.500. The Kier molecular flexibility index (Phi) is 5.06. The molecule has 0 amide bonds. The number of aliphatic carboxylic acids is 1. The lowest BCUT2D eigenvalue weighted by molar-refractivity contribution is -0.143. The van der Waals surface area contributed by atoms with Crippen LogP contribution in [-0.4, -0.2) is 60.1 Å². The molecule has 6 heteroatoms. The van der Waals surface area contributed by atoms with Gasteiger partial charge < -0.3 is 15.7 Å². The molecular weight excluding hydrogens is 232 g/mol. The van der Waals surface area contributed by atoms with Crippen LogP contribution >= 0.6 is 0 Å². The third-order valence-electron chi connectivity index (χ3n) is 2.70. The number of rotatable bonds is 6. The van der Waals surface area contributed by atoms with Crippen LogP contribution < -0.4 is 5.73 Å². The van der Waals surface area contributed by atoms with E-state index in [0.717, 1.165) is 6.54 Å². The molecule has 1 atom stereocenters. The number of nitrogen functional groups attached to an aromatic ring is 1. The minimum atomic E-state index is -0.886. The number of hydrogen-bond acceptors (Lipinski definition) is 5. The maximum absolute atomic E-state index is 11.4. The fourth-order valence-corrected chi connectivity index (χ4v) is 1.65. The van der Waals surface area contributed by atoms with Gasteiger partial charge in [0.1, 0.15) is 11.9 Å². The van der Waals surface area contributed by atoms with Crippen molar-refractivity contribution in [3.05, 3.63) is 23.9 Å². The first-order valence-corrected chi connectivity index (χ1v) is 5.71. The first kappa shape index (κ1) is 14.4. The minimum absolute atomic E-state index is 0.388. The zero-order valence-electron chi connectivity index (χ0n) is 11.0. The maximum atomic E-state index is 11.4. The average Bonchev–Trinajstić information content (AvgIpc) is 2.29. The van der Waals surface area contributed by atoms with Gasteiger partial charge in [-0.05, 0) is 32.8 Å². The molecule has 1 rings (SSSR count). The van der Waals surface area contributed by atoms with Gasteiger partial charge in [-0.3, -0.25) is 9.69 Å². The molecule has 1 aromatic rings. The first-order valence-electron chi connectivity index (χ1n) is 5.71. The Morgan fingerprint density at radius 1 is 1.39 bits per heavy atom. The summed E-state index contributed by atoms with van der Waals surface area (Å²) in [5.74, 6) is -0.498. The number of hydrogen-bond donors (Lipinski definition) is 2. The van der Waals surface area contributed by atoms with Crippen LogP contribution in [-0.2, 0) is 4.79 Å². The van der Waals surface area contributed by atoms with Crippen molar-refractivity contribution in [1.29, 1.82) is 0 Å². The number of carboxylic acids is 1. The number of likely N-dealkylation sites (N-methyl/N-ethyl adjacent to an activating group) is 2. The van der Waals surface area contributed by atoms with Gasteiger partial charge >= 0.3 is 5.97 Å². The highest BCUT2D eigenvalue weighted by atomic mass is 16.4. The number of aromatic nitrogens is 1. The molecule has 0 bridgehead atoms. The SMILES string of the molecule is CN(C)CCN(C)[C@@H](C(=O)O)c1ccc(N)nc1. The average molecular weight is 252 g/mol. The summed E-state index contributed by atoms with van der Waals surface area (Å²) in [6.07, 6.45) is 1.51. The number of anilines is 1. The lowest BCUT2D eigenvalue weighted by Gasteiger charge is -2.26. The van der Waals surface area contributed by atoms with E-state index in [2.05, 4.69) is 4.98 Å². The van der Waals surface area contributed by atoms with E-state index in [-0.39, 0.29) is 0 Å². The predicted molar refractivity (Wildman–Crippen MR) is 70.2 cm³/mol. The smallest absolute Gasteiger partial charge is 0.325 e. The molecule has 18 heavy (non-hydrogen) atoms. The summed E-state index contributed by atoms with van der Waals surface area (Å²) in [4.78, 5) is 19.1. The van der Waals surface area contributed by atoms with Crippen molar-refractivity contribution in [2.45, 2.75) is 6.04 Å². The van der Waals surface area contributed by atoms with Crippen LogP contribution in [0.4, 0.5) is 5.82 Å². The van der Waals surface area contributed by atoms with Crippen LogP contribution in [0.25, 0.3) is 0 Å². The number of nitrogens with zero attached hydrogens (tertiary/aromatic N) is 3. The summed E-state index contributed by atoms with van der Waals surface area (Å²) >= 11 is 0. The van der Waals surface area contributed by atoms with Crippen LogP contribution in [0.1, 0.15) is 11.6 Å². The van der Waals surface area contributed by atoms with Gasteiger partial charge in [-0.15, -0.1) is 0 Å².